The highest BCUT2D eigenvalue weighted by Crippen LogP contribution is 2.17. The van der Waals surface area contributed by atoms with E-state index in [0.29, 0.717) is 25.9 Å². The van der Waals surface area contributed by atoms with Gasteiger partial charge in [0.05, 0.1) is 0 Å². The van der Waals surface area contributed by atoms with Crippen LogP contribution in [0.25, 0.3) is 0 Å². The third-order valence-electron chi connectivity index (χ3n) is 3.10. The van der Waals surface area contributed by atoms with Crippen LogP contribution in [0.5, 0.6) is 0 Å². The lowest BCUT2D eigenvalue weighted by atomic mass is 10.2. The minimum Gasteiger partial charge on any atom is -0.481 e. The van der Waals surface area contributed by atoms with E-state index in [9.17, 15) is 14.4 Å². The number of hydrogen-bond donors (Lipinski definition) is 3. The number of carbonyl (C=O) groups excluding carboxylic acids is 2. The van der Waals surface area contributed by atoms with Crippen LogP contribution in [0.1, 0.15) is 39.5 Å². The number of hydrogen-bond acceptors (Lipinski definition) is 3. The fourth-order valence-electron chi connectivity index (χ4n) is 2.18. The molecule has 7 heteroatoms. The van der Waals surface area contributed by atoms with Crippen molar-refractivity contribution < 1.29 is 19.5 Å². The van der Waals surface area contributed by atoms with E-state index in [1.165, 1.54) is 0 Å². The van der Waals surface area contributed by atoms with Crippen LogP contribution in [-0.2, 0) is 9.59 Å². The number of likely N-dealkylation sites (tertiary alicyclic amines) is 1. The van der Waals surface area contributed by atoms with Crippen molar-refractivity contribution in [3.05, 3.63) is 0 Å². The summed E-state index contributed by atoms with van der Waals surface area (Å²) in [6.07, 6.45) is 1.88. The predicted molar refractivity (Wildman–Crippen MR) is 73.3 cm³/mol. The lowest BCUT2D eigenvalue weighted by molar-refractivity contribution is -0.137. The Morgan fingerprint density at radius 2 is 2.05 bits per heavy atom. The van der Waals surface area contributed by atoms with Crippen LogP contribution in [0.3, 0.4) is 0 Å². The maximum absolute atomic E-state index is 12.0. The monoisotopic (exact) mass is 285 g/mol. The summed E-state index contributed by atoms with van der Waals surface area (Å²) >= 11 is 0. The van der Waals surface area contributed by atoms with Gasteiger partial charge in [0.1, 0.15) is 6.04 Å². The molecule has 0 aliphatic carbocycles. The van der Waals surface area contributed by atoms with E-state index < -0.39 is 12.0 Å². The Hall–Kier alpha value is -1.79. The predicted octanol–water partition coefficient (Wildman–Crippen LogP) is 0.550. The smallest absolute Gasteiger partial charge is 0.318 e. The van der Waals surface area contributed by atoms with Gasteiger partial charge in [-0.3, -0.25) is 9.59 Å². The molecule has 0 bridgehead atoms. The zero-order valence-corrected chi connectivity index (χ0v) is 12.0. The average molecular weight is 285 g/mol. The van der Waals surface area contributed by atoms with Crippen LogP contribution in [-0.4, -0.2) is 53.1 Å². The summed E-state index contributed by atoms with van der Waals surface area (Å²) in [6.45, 7) is 4.64. The highest BCUT2D eigenvalue weighted by Gasteiger charge is 2.33. The molecule has 0 aromatic rings. The molecule has 7 nitrogen and oxygen atoms in total. The van der Waals surface area contributed by atoms with Gasteiger partial charge in [-0.05, 0) is 33.1 Å². The third kappa shape index (κ3) is 5.07. The van der Waals surface area contributed by atoms with Gasteiger partial charge in [-0.25, -0.2) is 4.79 Å². The first kappa shape index (κ1) is 16.3. The normalized spacial score (nSPS) is 18.1. The number of rotatable bonds is 6. The number of carboxylic acids is 1. The van der Waals surface area contributed by atoms with Gasteiger partial charge < -0.3 is 20.6 Å². The van der Waals surface area contributed by atoms with E-state index in [1.54, 1.807) is 4.90 Å². The van der Waals surface area contributed by atoms with Crippen LogP contribution in [0.4, 0.5) is 4.79 Å². The molecule has 0 radical (unpaired) electrons. The van der Waals surface area contributed by atoms with E-state index >= 15 is 0 Å². The lowest BCUT2D eigenvalue weighted by Crippen LogP contribution is -2.50. The number of urea groups is 1. The Morgan fingerprint density at radius 1 is 1.35 bits per heavy atom. The van der Waals surface area contributed by atoms with Gasteiger partial charge in [0.25, 0.3) is 0 Å². The molecule has 0 unspecified atom stereocenters. The highest BCUT2D eigenvalue weighted by molar-refractivity contribution is 5.87. The van der Waals surface area contributed by atoms with Crippen LogP contribution < -0.4 is 10.6 Å². The van der Waals surface area contributed by atoms with Crippen LogP contribution in [0.15, 0.2) is 0 Å². The van der Waals surface area contributed by atoms with Crippen molar-refractivity contribution in [1.29, 1.82) is 0 Å². The Morgan fingerprint density at radius 3 is 2.65 bits per heavy atom. The molecule has 1 aliphatic rings. The highest BCUT2D eigenvalue weighted by atomic mass is 16.4. The molecule has 1 fully saturated rings. The molecule has 0 spiro atoms. The molecule has 0 aromatic heterocycles. The molecule has 3 amide bonds. The van der Waals surface area contributed by atoms with Crippen molar-refractivity contribution in [3.63, 3.8) is 0 Å². The standard InChI is InChI=1S/C13H23N3O4/c1-9(2)15-13(20)16-8-4-5-10(16)12(19)14-7-3-6-11(17)18/h9-10H,3-8H2,1-2H3,(H,14,19)(H,15,20)(H,17,18)/t10-/m0/s1. The van der Waals surface area contributed by atoms with Crippen molar-refractivity contribution in [3.8, 4) is 0 Å². The second-order valence-electron chi connectivity index (χ2n) is 5.24. The first-order chi connectivity index (χ1) is 9.41. The van der Waals surface area contributed by atoms with Gasteiger partial charge in [0.15, 0.2) is 0 Å². The maximum Gasteiger partial charge on any atom is 0.318 e. The fourth-order valence-corrected chi connectivity index (χ4v) is 2.18. The summed E-state index contributed by atoms with van der Waals surface area (Å²) < 4.78 is 0. The lowest BCUT2D eigenvalue weighted by Gasteiger charge is -2.25. The Bertz CT molecular complexity index is 371. The molecule has 20 heavy (non-hydrogen) atoms. The maximum atomic E-state index is 12.0. The second kappa shape index (κ2) is 7.72. The largest absolute Gasteiger partial charge is 0.481 e. The summed E-state index contributed by atoms with van der Waals surface area (Å²) in [5.41, 5.74) is 0. The first-order valence-corrected chi connectivity index (χ1v) is 6.98. The molecule has 114 valence electrons. The average Bonchev–Trinajstić information content (AvgIpc) is 2.82. The quantitative estimate of drug-likeness (QED) is 0.621. The van der Waals surface area contributed by atoms with E-state index in [2.05, 4.69) is 10.6 Å². The number of aliphatic carboxylic acids is 1. The topological polar surface area (TPSA) is 98.7 Å². The zero-order chi connectivity index (χ0) is 15.1. The van der Waals surface area contributed by atoms with Crippen molar-refractivity contribution in [1.82, 2.24) is 15.5 Å². The molecule has 1 saturated heterocycles. The van der Waals surface area contributed by atoms with Crippen molar-refractivity contribution in [2.75, 3.05) is 13.1 Å². The SMILES string of the molecule is CC(C)NC(=O)N1CCC[C@H]1C(=O)NCCCC(=O)O. The Balaban J connectivity index is 2.41. The summed E-state index contributed by atoms with van der Waals surface area (Å²) in [7, 11) is 0. The van der Waals surface area contributed by atoms with Crippen LogP contribution in [0, 0.1) is 0 Å². The summed E-state index contributed by atoms with van der Waals surface area (Å²) in [4.78, 5) is 35.9. The van der Waals surface area contributed by atoms with E-state index in [0.717, 1.165) is 6.42 Å². The minimum atomic E-state index is -0.877. The molecule has 1 rings (SSSR count). The first-order valence-electron chi connectivity index (χ1n) is 6.98. The van der Waals surface area contributed by atoms with Gasteiger partial charge in [-0.2, -0.15) is 0 Å². The summed E-state index contributed by atoms with van der Waals surface area (Å²) in [6, 6.07) is -0.635. The third-order valence-corrected chi connectivity index (χ3v) is 3.10. The number of nitrogens with one attached hydrogen (secondary N) is 2. The van der Waals surface area contributed by atoms with E-state index in [4.69, 9.17) is 5.11 Å². The summed E-state index contributed by atoms with van der Waals surface area (Å²) in [5, 5.41) is 14.0. The number of carboxylic acid groups (broad SMARTS) is 1. The van der Waals surface area contributed by atoms with E-state index in [-0.39, 0.29) is 24.4 Å². The summed E-state index contributed by atoms with van der Waals surface area (Å²) in [5.74, 6) is -1.08. The Kier molecular flexibility index (Phi) is 6.27. The van der Waals surface area contributed by atoms with Crippen molar-refractivity contribution in [2.45, 2.75) is 51.6 Å². The molecule has 0 aromatic carbocycles. The molecule has 0 saturated carbocycles. The minimum absolute atomic E-state index is 0.0300. The van der Waals surface area contributed by atoms with Gasteiger partial charge in [0.2, 0.25) is 5.91 Å². The molecule has 3 N–H and O–H groups in total. The second-order valence-corrected chi connectivity index (χ2v) is 5.24. The van der Waals surface area contributed by atoms with Gasteiger partial charge in [-0.15, -0.1) is 0 Å². The number of amides is 3. The zero-order valence-electron chi connectivity index (χ0n) is 12.0. The van der Waals surface area contributed by atoms with Gasteiger partial charge >= 0.3 is 12.0 Å². The van der Waals surface area contributed by atoms with Crippen molar-refractivity contribution in [2.24, 2.45) is 0 Å². The fraction of sp³-hybridized carbons (Fsp3) is 0.769. The van der Waals surface area contributed by atoms with Gasteiger partial charge in [-0.1, -0.05) is 0 Å². The molecule has 1 atom stereocenters. The molecular formula is C13H23N3O4. The number of nitrogens with zero attached hydrogens (tertiary/aromatic N) is 1. The number of carbonyl (C=O) groups is 3. The molecule has 1 heterocycles. The molecule has 1 aliphatic heterocycles. The Labute approximate surface area is 118 Å². The molecular weight excluding hydrogens is 262 g/mol. The van der Waals surface area contributed by atoms with E-state index in [1.807, 2.05) is 13.8 Å². The van der Waals surface area contributed by atoms with Gasteiger partial charge in [0, 0.05) is 25.6 Å². The van der Waals surface area contributed by atoms with Crippen LogP contribution in [0.2, 0.25) is 0 Å². The van der Waals surface area contributed by atoms with Crippen LogP contribution >= 0.6 is 0 Å². The van der Waals surface area contributed by atoms with Crippen molar-refractivity contribution >= 4 is 17.9 Å².